The zero-order chi connectivity index (χ0) is 12.8. The quantitative estimate of drug-likeness (QED) is 0.720. The fourth-order valence-corrected chi connectivity index (χ4v) is 2.47. The number of hydrogen-bond donors (Lipinski definition) is 3. The molecule has 96 valence electrons. The lowest BCUT2D eigenvalue weighted by molar-refractivity contribution is 0.113. The highest BCUT2D eigenvalue weighted by Gasteiger charge is 2.16. The van der Waals surface area contributed by atoms with Crippen LogP contribution in [-0.4, -0.2) is 33.9 Å². The van der Waals surface area contributed by atoms with Crippen LogP contribution in [0, 0.1) is 6.92 Å². The van der Waals surface area contributed by atoms with E-state index in [2.05, 4.69) is 12.1 Å². The third-order valence-corrected chi connectivity index (χ3v) is 4.13. The minimum absolute atomic E-state index is 0.0495. The molecule has 3 unspecified atom stereocenters. The molecule has 4 heteroatoms. The van der Waals surface area contributed by atoms with Gasteiger partial charge in [0.05, 0.1) is 12.7 Å². The first kappa shape index (κ1) is 14.5. The Morgan fingerprint density at radius 2 is 1.88 bits per heavy atom. The van der Waals surface area contributed by atoms with Crippen molar-refractivity contribution in [2.45, 2.75) is 31.2 Å². The Morgan fingerprint density at radius 1 is 1.29 bits per heavy atom. The molecule has 1 aromatic carbocycles. The van der Waals surface area contributed by atoms with Crippen molar-refractivity contribution in [1.82, 2.24) is 0 Å². The maximum Gasteiger partial charge on any atom is 0.0861 e. The molecule has 0 saturated carbocycles. The summed E-state index contributed by atoms with van der Waals surface area (Å²) in [5.41, 5.74) is 8.48. The van der Waals surface area contributed by atoms with E-state index in [9.17, 15) is 5.11 Å². The molecule has 0 radical (unpaired) electrons. The molecule has 0 spiro atoms. The van der Waals surface area contributed by atoms with E-state index in [4.69, 9.17) is 10.8 Å². The molecule has 3 nitrogen and oxygen atoms in total. The summed E-state index contributed by atoms with van der Waals surface area (Å²) in [5.74, 6) is 0.511. The Kier molecular flexibility index (Phi) is 5.98. The number of aliphatic hydroxyl groups is 2. The van der Waals surface area contributed by atoms with Crippen molar-refractivity contribution >= 4 is 11.8 Å². The zero-order valence-electron chi connectivity index (χ0n) is 10.3. The average molecular weight is 255 g/mol. The van der Waals surface area contributed by atoms with E-state index in [1.165, 1.54) is 5.56 Å². The van der Waals surface area contributed by atoms with Gasteiger partial charge >= 0.3 is 0 Å². The van der Waals surface area contributed by atoms with Gasteiger partial charge in [-0.05, 0) is 12.5 Å². The first-order chi connectivity index (χ1) is 8.04. The maximum absolute atomic E-state index is 9.28. The number of aryl methyl sites for hydroxylation is 1. The van der Waals surface area contributed by atoms with Crippen LogP contribution in [0.5, 0.6) is 0 Å². The van der Waals surface area contributed by atoms with Crippen LogP contribution in [0.1, 0.15) is 24.1 Å². The van der Waals surface area contributed by atoms with Crippen LogP contribution in [-0.2, 0) is 0 Å². The number of rotatable bonds is 6. The van der Waals surface area contributed by atoms with E-state index in [-0.39, 0.29) is 17.9 Å². The summed E-state index contributed by atoms with van der Waals surface area (Å²) in [6.07, 6.45) is -0.660. The summed E-state index contributed by atoms with van der Waals surface area (Å²) in [7, 11) is 0. The zero-order valence-corrected chi connectivity index (χ0v) is 11.2. The van der Waals surface area contributed by atoms with Crippen LogP contribution in [0.2, 0.25) is 0 Å². The molecule has 1 aromatic rings. The molecule has 0 amide bonds. The number of benzene rings is 1. The summed E-state index contributed by atoms with van der Waals surface area (Å²) in [6, 6.07) is 8.13. The van der Waals surface area contributed by atoms with Crippen molar-refractivity contribution in [2.75, 3.05) is 12.4 Å². The highest BCUT2D eigenvalue weighted by Crippen LogP contribution is 2.25. The lowest BCUT2D eigenvalue weighted by Gasteiger charge is -2.21. The molecule has 17 heavy (non-hydrogen) atoms. The van der Waals surface area contributed by atoms with Crippen LogP contribution in [0.4, 0.5) is 0 Å². The summed E-state index contributed by atoms with van der Waals surface area (Å²) < 4.78 is 0. The molecule has 0 aliphatic rings. The van der Waals surface area contributed by atoms with Crippen molar-refractivity contribution in [3.63, 3.8) is 0 Å². The Labute approximate surface area is 107 Å². The lowest BCUT2D eigenvalue weighted by atomic mass is 10.0. The smallest absolute Gasteiger partial charge is 0.0861 e. The fraction of sp³-hybridized carbons (Fsp3) is 0.538. The van der Waals surface area contributed by atoms with E-state index < -0.39 is 6.10 Å². The number of thioether (sulfide) groups is 1. The number of nitrogens with two attached hydrogens (primary N) is 1. The number of aliphatic hydroxyl groups excluding tert-OH is 2. The van der Waals surface area contributed by atoms with Crippen molar-refractivity contribution < 1.29 is 10.2 Å². The molecule has 1 rings (SSSR count). The van der Waals surface area contributed by atoms with Gasteiger partial charge < -0.3 is 15.9 Å². The molecule has 0 saturated heterocycles. The lowest BCUT2D eigenvalue weighted by Crippen LogP contribution is -2.24. The SMILES string of the molecule is Cc1ccc(C(N)C(C)SCC(O)CO)cc1. The summed E-state index contributed by atoms with van der Waals surface area (Å²) in [6.45, 7) is 3.89. The van der Waals surface area contributed by atoms with Crippen LogP contribution in [0.25, 0.3) is 0 Å². The monoisotopic (exact) mass is 255 g/mol. The van der Waals surface area contributed by atoms with Crippen molar-refractivity contribution in [1.29, 1.82) is 0 Å². The van der Waals surface area contributed by atoms with Crippen molar-refractivity contribution in [3.8, 4) is 0 Å². The number of hydrogen-bond acceptors (Lipinski definition) is 4. The van der Waals surface area contributed by atoms with Crippen LogP contribution in [0.3, 0.4) is 0 Å². The van der Waals surface area contributed by atoms with Gasteiger partial charge in [-0.1, -0.05) is 36.8 Å². The highest BCUT2D eigenvalue weighted by atomic mass is 32.2. The summed E-state index contributed by atoms with van der Waals surface area (Å²) in [5, 5.41) is 18.2. The fourth-order valence-electron chi connectivity index (χ4n) is 1.48. The van der Waals surface area contributed by atoms with E-state index in [0.29, 0.717) is 5.75 Å². The molecule has 0 fully saturated rings. The highest BCUT2D eigenvalue weighted by molar-refractivity contribution is 7.99. The second-order valence-electron chi connectivity index (χ2n) is 4.31. The van der Waals surface area contributed by atoms with Gasteiger partial charge in [0.1, 0.15) is 0 Å². The Hall–Kier alpha value is -0.550. The average Bonchev–Trinajstić information content (AvgIpc) is 2.35. The van der Waals surface area contributed by atoms with Gasteiger partial charge in [-0.25, -0.2) is 0 Å². The first-order valence-corrected chi connectivity index (χ1v) is 6.82. The van der Waals surface area contributed by atoms with Gasteiger partial charge in [0.15, 0.2) is 0 Å². The van der Waals surface area contributed by atoms with Gasteiger partial charge in [-0.15, -0.1) is 0 Å². The third-order valence-electron chi connectivity index (χ3n) is 2.73. The molecule has 0 heterocycles. The molecule has 0 aliphatic heterocycles. The largest absolute Gasteiger partial charge is 0.394 e. The molecular weight excluding hydrogens is 234 g/mol. The van der Waals surface area contributed by atoms with Crippen LogP contribution in [0.15, 0.2) is 24.3 Å². The van der Waals surface area contributed by atoms with Gasteiger partial charge in [-0.2, -0.15) is 11.8 Å². The second kappa shape index (κ2) is 7.01. The van der Waals surface area contributed by atoms with E-state index in [0.717, 1.165) is 5.56 Å². The van der Waals surface area contributed by atoms with Gasteiger partial charge in [-0.3, -0.25) is 0 Å². The predicted molar refractivity (Wildman–Crippen MR) is 73.1 cm³/mol. The summed E-state index contributed by atoms with van der Waals surface area (Å²) >= 11 is 1.58. The minimum atomic E-state index is -0.660. The first-order valence-electron chi connectivity index (χ1n) is 5.77. The second-order valence-corrected chi connectivity index (χ2v) is 5.72. The topological polar surface area (TPSA) is 66.5 Å². The molecule has 4 N–H and O–H groups in total. The molecule has 0 aliphatic carbocycles. The molecule has 3 atom stereocenters. The third kappa shape index (κ3) is 4.68. The Bertz CT molecular complexity index is 329. The van der Waals surface area contributed by atoms with E-state index in [1.54, 1.807) is 11.8 Å². The standard InChI is InChI=1S/C13H21NO2S/c1-9-3-5-11(6-4-9)13(14)10(2)17-8-12(16)7-15/h3-6,10,12-13,15-16H,7-8,14H2,1-2H3. The molecular formula is C13H21NO2S. The normalized spacial score (nSPS) is 16.5. The van der Waals surface area contributed by atoms with E-state index >= 15 is 0 Å². The molecule has 0 bridgehead atoms. The van der Waals surface area contributed by atoms with Crippen molar-refractivity contribution in [3.05, 3.63) is 35.4 Å². The van der Waals surface area contributed by atoms with Gasteiger partial charge in [0.25, 0.3) is 0 Å². The minimum Gasteiger partial charge on any atom is -0.394 e. The Balaban J connectivity index is 2.51. The van der Waals surface area contributed by atoms with Gasteiger partial charge in [0, 0.05) is 17.0 Å². The van der Waals surface area contributed by atoms with Crippen LogP contribution >= 0.6 is 11.8 Å². The summed E-state index contributed by atoms with van der Waals surface area (Å²) in [4.78, 5) is 0. The predicted octanol–water partition coefficient (Wildman–Crippen LogP) is 1.47. The van der Waals surface area contributed by atoms with Crippen LogP contribution < -0.4 is 5.73 Å². The van der Waals surface area contributed by atoms with Crippen molar-refractivity contribution in [2.24, 2.45) is 5.73 Å². The van der Waals surface area contributed by atoms with E-state index in [1.807, 2.05) is 26.0 Å². The Morgan fingerprint density at radius 3 is 2.41 bits per heavy atom. The maximum atomic E-state index is 9.28. The molecule has 0 aromatic heterocycles. The van der Waals surface area contributed by atoms with Gasteiger partial charge in [0.2, 0.25) is 0 Å².